The number of amides is 1. The van der Waals surface area contributed by atoms with Gasteiger partial charge in [-0.2, -0.15) is 0 Å². The molecular formula is C15H19N3O2S. The summed E-state index contributed by atoms with van der Waals surface area (Å²) < 4.78 is 0. The third kappa shape index (κ3) is 2.49. The number of thiophene rings is 1. The molecule has 3 N–H and O–H groups in total. The fourth-order valence-corrected chi connectivity index (χ4v) is 4.03. The molecule has 0 saturated carbocycles. The van der Waals surface area contributed by atoms with Crippen LogP contribution in [0.3, 0.4) is 0 Å². The van der Waals surface area contributed by atoms with Gasteiger partial charge in [0.1, 0.15) is 9.71 Å². The lowest BCUT2D eigenvalue weighted by atomic mass is 10.1. The highest BCUT2D eigenvalue weighted by Gasteiger charge is 2.26. The summed E-state index contributed by atoms with van der Waals surface area (Å²) in [6.07, 6.45) is 0.972. The first-order valence-corrected chi connectivity index (χ1v) is 7.92. The zero-order valence-electron chi connectivity index (χ0n) is 12.2. The molecule has 2 aromatic rings. The standard InChI is InChI=1S/C15H19N3O2S/c1-8-7-9(2)17-14-11(8)12(16)13(21-14)15(20)18-5-3-10(19)4-6-18/h7,10,19H,3-6,16H2,1-2H3. The Bertz CT molecular complexity index is 702. The van der Waals surface area contributed by atoms with Crippen LogP contribution < -0.4 is 5.73 Å². The van der Waals surface area contributed by atoms with Crippen LogP contribution in [-0.4, -0.2) is 40.1 Å². The molecule has 6 heteroatoms. The number of pyridine rings is 1. The van der Waals surface area contributed by atoms with Crippen molar-refractivity contribution in [3.8, 4) is 0 Å². The fraction of sp³-hybridized carbons (Fsp3) is 0.467. The summed E-state index contributed by atoms with van der Waals surface area (Å²) in [7, 11) is 0. The summed E-state index contributed by atoms with van der Waals surface area (Å²) in [5.74, 6) is -0.0422. The molecule has 2 aromatic heterocycles. The molecule has 0 bridgehead atoms. The van der Waals surface area contributed by atoms with Gasteiger partial charge in [-0.05, 0) is 38.3 Å². The van der Waals surface area contributed by atoms with E-state index in [1.54, 1.807) is 4.90 Å². The number of hydrogen-bond acceptors (Lipinski definition) is 5. The van der Waals surface area contributed by atoms with Gasteiger partial charge < -0.3 is 15.7 Å². The number of anilines is 1. The first kappa shape index (κ1) is 14.3. The Balaban J connectivity index is 1.99. The fourth-order valence-electron chi connectivity index (χ4n) is 2.84. The minimum absolute atomic E-state index is 0.0422. The third-order valence-corrected chi connectivity index (χ3v) is 5.06. The molecule has 1 amide bonds. The second kappa shape index (κ2) is 5.27. The number of nitrogens with two attached hydrogens (primary N) is 1. The van der Waals surface area contributed by atoms with Crippen LogP contribution in [0.4, 0.5) is 5.69 Å². The highest BCUT2D eigenvalue weighted by atomic mass is 32.1. The first-order valence-electron chi connectivity index (χ1n) is 7.11. The molecule has 0 aliphatic carbocycles. The van der Waals surface area contributed by atoms with Crippen LogP contribution in [0.1, 0.15) is 33.8 Å². The molecule has 1 aliphatic heterocycles. The van der Waals surface area contributed by atoms with Gasteiger partial charge in [0, 0.05) is 24.2 Å². The lowest BCUT2D eigenvalue weighted by Crippen LogP contribution is -2.39. The number of aliphatic hydroxyl groups excluding tert-OH is 1. The second-order valence-corrected chi connectivity index (χ2v) is 6.63. The topological polar surface area (TPSA) is 79.5 Å². The van der Waals surface area contributed by atoms with Crippen molar-refractivity contribution in [3.05, 3.63) is 22.2 Å². The zero-order chi connectivity index (χ0) is 15.1. The van der Waals surface area contributed by atoms with Gasteiger partial charge in [-0.25, -0.2) is 4.98 Å². The lowest BCUT2D eigenvalue weighted by molar-refractivity contribution is 0.0551. The summed E-state index contributed by atoms with van der Waals surface area (Å²) in [6, 6.07) is 1.98. The van der Waals surface area contributed by atoms with Gasteiger partial charge in [0.25, 0.3) is 5.91 Å². The molecule has 0 unspecified atom stereocenters. The quantitative estimate of drug-likeness (QED) is 0.845. The van der Waals surface area contributed by atoms with Crippen LogP contribution in [0.2, 0.25) is 0 Å². The van der Waals surface area contributed by atoms with Gasteiger partial charge in [-0.1, -0.05) is 0 Å². The minimum Gasteiger partial charge on any atom is -0.397 e. The van der Waals surface area contributed by atoms with Crippen molar-refractivity contribution in [3.63, 3.8) is 0 Å². The molecule has 3 rings (SSSR count). The van der Waals surface area contributed by atoms with Gasteiger partial charge in [0.05, 0.1) is 11.8 Å². The highest BCUT2D eigenvalue weighted by Crippen LogP contribution is 2.36. The Kier molecular flexibility index (Phi) is 3.59. The molecule has 0 aromatic carbocycles. The predicted molar refractivity (Wildman–Crippen MR) is 84.7 cm³/mol. The maximum atomic E-state index is 12.6. The number of nitrogen functional groups attached to an aromatic ring is 1. The van der Waals surface area contributed by atoms with E-state index in [1.165, 1.54) is 11.3 Å². The highest BCUT2D eigenvalue weighted by molar-refractivity contribution is 7.21. The van der Waals surface area contributed by atoms with Crippen LogP contribution in [0.15, 0.2) is 6.07 Å². The number of hydrogen-bond donors (Lipinski definition) is 2. The van der Waals surface area contributed by atoms with E-state index in [1.807, 2.05) is 19.9 Å². The van der Waals surface area contributed by atoms with E-state index in [2.05, 4.69) is 4.98 Å². The van der Waals surface area contributed by atoms with Crippen LogP contribution >= 0.6 is 11.3 Å². The number of rotatable bonds is 1. The van der Waals surface area contributed by atoms with Crippen LogP contribution in [0.5, 0.6) is 0 Å². The first-order chi connectivity index (χ1) is 9.97. The van der Waals surface area contributed by atoms with Gasteiger partial charge in [0.15, 0.2) is 0 Å². The third-order valence-electron chi connectivity index (χ3n) is 3.97. The summed E-state index contributed by atoms with van der Waals surface area (Å²) in [5.41, 5.74) is 8.72. The van der Waals surface area contributed by atoms with E-state index in [0.717, 1.165) is 21.5 Å². The summed E-state index contributed by atoms with van der Waals surface area (Å²) in [6.45, 7) is 5.10. The predicted octanol–water partition coefficient (Wildman–Crippen LogP) is 2.09. The molecule has 0 radical (unpaired) electrons. The lowest BCUT2D eigenvalue weighted by Gasteiger charge is -2.29. The molecule has 112 valence electrons. The Morgan fingerprint density at radius 1 is 1.43 bits per heavy atom. The van der Waals surface area contributed by atoms with Gasteiger partial charge in [-0.3, -0.25) is 4.79 Å². The van der Waals surface area contributed by atoms with E-state index in [4.69, 9.17) is 5.73 Å². The number of aliphatic hydroxyl groups is 1. The van der Waals surface area contributed by atoms with E-state index >= 15 is 0 Å². The number of likely N-dealkylation sites (tertiary alicyclic amines) is 1. The Morgan fingerprint density at radius 2 is 2.10 bits per heavy atom. The molecule has 0 spiro atoms. The zero-order valence-corrected chi connectivity index (χ0v) is 13.0. The minimum atomic E-state index is -0.291. The SMILES string of the molecule is Cc1cc(C)c2c(N)c(C(=O)N3CCC(O)CC3)sc2n1. The molecule has 1 fully saturated rings. The Hall–Kier alpha value is -1.66. The van der Waals surface area contributed by atoms with Gasteiger partial charge in [0.2, 0.25) is 0 Å². The smallest absolute Gasteiger partial charge is 0.266 e. The van der Waals surface area contributed by atoms with Crippen LogP contribution in [-0.2, 0) is 0 Å². The summed E-state index contributed by atoms with van der Waals surface area (Å²) in [4.78, 5) is 20.3. The number of fused-ring (bicyclic) bond motifs is 1. The number of carbonyl (C=O) groups is 1. The van der Waals surface area contributed by atoms with Crippen molar-refractivity contribution in [2.75, 3.05) is 18.8 Å². The van der Waals surface area contributed by atoms with E-state index in [-0.39, 0.29) is 12.0 Å². The largest absolute Gasteiger partial charge is 0.397 e. The van der Waals surface area contributed by atoms with Crippen LogP contribution in [0, 0.1) is 13.8 Å². The second-order valence-electron chi connectivity index (χ2n) is 5.63. The molecular weight excluding hydrogens is 286 g/mol. The molecule has 1 aliphatic rings. The number of aromatic nitrogens is 1. The summed E-state index contributed by atoms with van der Waals surface area (Å²) in [5, 5.41) is 10.4. The van der Waals surface area contributed by atoms with E-state index in [9.17, 15) is 9.90 Å². The molecule has 0 atom stereocenters. The van der Waals surface area contributed by atoms with Gasteiger partial charge in [-0.15, -0.1) is 11.3 Å². The van der Waals surface area contributed by atoms with E-state index in [0.29, 0.717) is 36.5 Å². The Labute approximate surface area is 127 Å². The normalized spacial score (nSPS) is 16.6. The average Bonchev–Trinajstić information content (AvgIpc) is 2.76. The molecule has 1 saturated heterocycles. The number of nitrogens with zero attached hydrogens (tertiary/aromatic N) is 2. The summed E-state index contributed by atoms with van der Waals surface area (Å²) >= 11 is 1.36. The van der Waals surface area contributed by atoms with Crippen molar-refractivity contribution in [1.82, 2.24) is 9.88 Å². The Morgan fingerprint density at radius 3 is 2.76 bits per heavy atom. The van der Waals surface area contributed by atoms with Crippen molar-refractivity contribution < 1.29 is 9.90 Å². The van der Waals surface area contributed by atoms with E-state index < -0.39 is 0 Å². The maximum absolute atomic E-state index is 12.6. The van der Waals surface area contributed by atoms with Crippen molar-refractivity contribution in [2.45, 2.75) is 32.8 Å². The van der Waals surface area contributed by atoms with Crippen LogP contribution in [0.25, 0.3) is 10.2 Å². The number of piperidine rings is 1. The maximum Gasteiger partial charge on any atom is 0.266 e. The van der Waals surface area contributed by atoms with Crippen molar-refractivity contribution >= 4 is 33.1 Å². The average molecular weight is 305 g/mol. The van der Waals surface area contributed by atoms with Gasteiger partial charge >= 0.3 is 0 Å². The molecule has 5 nitrogen and oxygen atoms in total. The number of aryl methyl sites for hydroxylation is 2. The van der Waals surface area contributed by atoms with Crippen molar-refractivity contribution in [1.29, 1.82) is 0 Å². The number of carbonyl (C=O) groups excluding carboxylic acids is 1. The van der Waals surface area contributed by atoms with Crippen molar-refractivity contribution in [2.24, 2.45) is 0 Å². The molecule has 21 heavy (non-hydrogen) atoms. The monoisotopic (exact) mass is 305 g/mol. The molecule has 3 heterocycles.